The predicted octanol–water partition coefficient (Wildman–Crippen LogP) is 2.90. The molecule has 0 radical (unpaired) electrons. The molecule has 1 atom stereocenters. The Hall–Kier alpha value is -2.23. The molecule has 0 saturated heterocycles. The fourth-order valence-corrected chi connectivity index (χ4v) is 4.28. The predicted molar refractivity (Wildman–Crippen MR) is 93.6 cm³/mol. The second kappa shape index (κ2) is 6.49. The highest BCUT2D eigenvalue weighted by Crippen LogP contribution is 2.29. The van der Waals surface area contributed by atoms with Crippen LogP contribution in [0.2, 0.25) is 5.02 Å². The van der Waals surface area contributed by atoms with Crippen molar-refractivity contribution in [3.05, 3.63) is 52.3 Å². The SMILES string of the molecule is C[C@H]1C=Cc2c(cn(C)c2C(=O)Nc2ccc(F)c(Cl)c2F)S(=O)(=O)N1. The summed E-state index contributed by atoms with van der Waals surface area (Å²) in [5.74, 6) is -2.83. The molecule has 1 amide bonds. The third-order valence-corrected chi connectivity index (χ3v) is 5.80. The van der Waals surface area contributed by atoms with Crippen molar-refractivity contribution in [2.45, 2.75) is 17.9 Å². The quantitative estimate of drug-likeness (QED) is 0.759. The summed E-state index contributed by atoms with van der Waals surface area (Å²) < 4.78 is 55.8. The second-order valence-corrected chi connectivity index (χ2v) is 7.87. The molecule has 0 aliphatic carbocycles. The van der Waals surface area contributed by atoms with E-state index in [2.05, 4.69) is 10.0 Å². The molecule has 2 heterocycles. The van der Waals surface area contributed by atoms with Crippen molar-refractivity contribution in [3.63, 3.8) is 0 Å². The highest BCUT2D eigenvalue weighted by molar-refractivity contribution is 7.89. The molecule has 1 aromatic carbocycles. The number of fused-ring (bicyclic) bond motifs is 1. The van der Waals surface area contributed by atoms with Crippen molar-refractivity contribution < 1.29 is 22.0 Å². The van der Waals surface area contributed by atoms with E-state index in [9.17, 15) is 22.0 Å². The average Bonchev–Trinajstić information content (AvgIpc) is 2.85. The standard InChI is InChI=1S/C16H14ClF2N3O3S/c1-8-3-4-9-12(26(24,25)21-8)7-22(2)15(9)16(23)20-11-6-5-10(18)13(17)14(11)19/h3-8,21H,1-2H3,(H,20,23)/t8-/m0/s1. The number of hydrogen-bond donors (Lipinski definition) is 2. The molecular weight excluding hydrogens is 388 g/mol. The Morgan fingerprint density at radius 3 is 2.73 bits per heavy atom. The van der Waals surface area contributed by atoms with E-state index in [0.717, 1.165) is 12.1 Å². The number of benzene rings is 1. The van der Waals surface area contributed by atoms with Crippen LogP contribution in [0.4, 0.5) is 14.5 Å². The van der Waals surface area contributed by atoms with Crippen LogP contribution < -0.4 is 10.0 Å². The Morgan fingerprint density at radius 1 is 1.35 bits per heavy atom. The van der Waals surface area contributed by atoms with E-state index in [1.54, 1.807) is 13.0 Å². The van der Waals surface area contributed by atoms with Crippen LogP contribution in [0, 0.1) is 11.6 Å². The van der Waals surface area contributed by atoms with Gasteiger partial charge in [0.1, 0.15) is 21.4 Å². The highest BCUT2D eigenvalue weighted by Gasteiger charge is 2.29. The molecule has 1 aliphatic rings. The van der Waals surface area contributed by atoms with Crippen molar-refractivity contribution in [2.24, 2.45) is 7.05 Å². The number of rotatable bonds is 2. The molecule has 0 spiro atoms. The molecule has 10 heteroatoms. The minimum absolute atomic E-state index is 0.00979. The number of nitrogens with zero attached hydrogens (tertiary/aromatic N) is 1. The Kier molecular flexibility index (Phi) is 4.63. The van der Waals surface area contributed by atoms with Gasteiger partial charge in [0.25, 0.3) is 5.91 Å². The van der Waals surface area contributed by atoms with E-state index in [4.69, 9.17) is 11.6 Å². The first-order valence-electron chi connectivity index (χ1n) is 7.46. The first-order valence-corrected chi connectivity index (χ1v) is 9.32. The topological polar surface area (TPSA) is 80.2 Å². The number of aryl methyl sites for hydroxylation is 1. The van der Waals surface area contributed by atoms with Crippen LogP contribution in [-0.2, 0) is 17.1 Å². The lowest BCUT2D eigenvalue weighted by atomic mass is 10.2. The zero-order chi connectivity index (χ0) is 19.2. The Balaban J connectivity index is 2.06. The van der Waals surface area contributed by atoms with Crippen LogP contribution in [0.5, 0.6) is 0 Å². The van der Waals surface area contributed by atoms with Gasteiger partial charge in [0.05, 0.1) is 5.69 Å². The minimum atomic E-state index is -3.81. The van der Waals surface area contributed by atoms with Crippen molar-refractivity contribution >= 4 is 39.3 Å². The molecule has 2 N–H and O–H groups in total. The van der Waals surface area contributed by atoms with Crippen LogP contribution in [0.3, 0.4) is 0 Å². The smallest absolute Gasteiger partial charge is 0.273 e. The summed E-state index contributed by atoms with van der Waals surface area (Å²) in [6.07, 6.45) is 4.40. The summed E-state index contributed by atoms with van der Waals surface area (Å²) in [6.45, 7) is 1.65. The summed E-state index contributed by atoms with van der Waals surface area (Å²) in [4.78, 5) is 12.6. The molecule has 0 fully saturated rings. The molecule has 0 unspecified atom stereocenters. The Bertz CT molecular complexity index is 1050. The number of amides is 1. The number of sulfonamides is 1. The third kappa shape index (κ3) is 3.13. The maximum absolute atomic E-state index is 14.0. The fourth-order valence-electron chi connectivity index (χ4n) is 2.67. The molecule has 3 rings (SSSR count). The van der Waals surface area contributed by atoms with E-state index < -0.39 is 38.6 Å². The van der Waals surface area contributed by atoms with Crippen LogP contribution in [0.15, 0.2) is 29.3 Å². The van der Waals surface area contributed by atoms with Gasteiger partial charge in [0.15, 0.2) is 5.82 Å². The van der Waals surface area contributed by atoms with E-state index >= 15 is 0 Å². The third-order valence-electron chi connectivity index (χ3n) is 3.86. The van der Waals surface area contributed by atoms with Crippen LogP contribution in [-0.4, -0.2) is 24.9 Å². The number of hydrogen-bond acceptors (Lipinski definition) is 3. The first-order chi connectivity index (χ1) is 12.1. The maximum atomic E-state index is 14.0. The summed E-state index contributed by atoms with van der Waals surface area (Å²) in [7, 11) is -2.32. The summed E-state index contributed by atoms with van der Waals surface area (Å²) in [6, 6.07) is 1.50. The van der Waals surface area contributed by atoms with Crippen LogP contribution in [0.25, 0.3) is 6.08 Å². The van der Waals surface area contributed by atoms with Gasteiger partial charge in [-0.1, -0.05) is 23.8 Å². The van der Waals surface area contributed by atoms with Gasteiger partial charge in [-0.3, -0.25) is 4.79 Å². The lowest BCUT2D eigenvalue weighted by Gasteiger charge is -2.09. The molecule has 26 heavy (non-hydrogen) atoms. The van der Waals surface area contributed by atoms with Crippen LogP contribution >= 0.6 is 11.6 Å². The molecule has 2 aromatic rings. The normalized spacial score (nSPS) is 18.3. The van der Waals surface area contributed by atoms with Gasteiger partial charge in [-0.05, 0) is 19.1 Å². The molecule has 138 valence electrons. The molecule has 1 aliphatic heterocycles. The van der Waals surface area contributed by atoms with Crippen molar-refractivity contribution in [2.75, 3.05) is 5.32 Å². The van der Waals surface area contributed by atoms with Gasteiger partial charge in [-0.25, -0.2) is 21.9 Å². The maximum Gasteiger partial charge on any atom is 0.273 e. The number of aromatic nitrogens is 1. The summed E-state index contributed by atoms with van der Waals surface area (Å²) in [5, 5.41) is 1.55. The number of carbonyl (C=O) groups excluding carboxylic acids is 1. The second-order valence-electron chi connectivity index (χ2n) is 5.81. The van der Waals surface area contributed by atoms with Gasteiger partial charge in [-0.15, -0.1) is 0 Å². The molecule has 6 nitrogen and oxygen atoms in total. The monoisotopic (exact) mass is 401 g/mol. The lowest BCUT2D eigenvalue weighted by Crippen LogP contribution is -2.30. The number of halogens is 3. The number of anilines is 1. The van der Waals surface area contributed by atoms with Crippen molar-refractivity contribution in [1.29, 1.82) is 0 Å². The first kappa shape index (κ1) is 18.6. The van der Waals surface area contributed by atoms with Gasteiger partial charge in [-0.2, -0.15) is 0 Å². The average molecular weight is 402 g/mol. The van der Waals surface area contributed by atoms with Crippen molar-refractivity contribution in [3.8, 4) is 0 Å². The van der Waals surface area contributed by atoms with Gasteiger partial charge in [0.2, 0.25) is 10.0 Å². The summed E-state index contributed by atoms with van der Waals surface area (Å²) in [5.41, 5.74) is -0.130. The molecule has 0 saturated carbocycles. The van der Waals surface area contributed by atoms with E-state index in [-0.39, 0.29) is 21.8 Å². The minimum Gasteiger partial charge on any atom is -0.345 e. The van der Waals surface area contributed by atoms with E-state index in [0.29, 0.717) is 0 Å². The Morgan fingerprint density at radius 2 is 2.04 bits per heavy atom. The van der Waals surface area contributed by atoms with Gasteiger partial charge in [0, 0.05) is 24.8 Å². The zero-order valence-electron chi connectivity index (χ0n) is 13.7. The summed E-state index contributed by atoms with van der Waals surface area (Å²) >= 11 is 5.51. The largest absolute Gasteiger partial charge is 0.345 e. The van der Waals surface area contributed by atoms with Crippen molar-refractivity contribution in [1.82, 2.24) is 9.29 Å². The van der Waals surface area contributed by atoms with Gasteiger partial charge >= 0.3 is 0 Å². The molecular formula is C16H14ClF2N3O3S. The molecule has 1 aromatic heterocycles. The van der Waals surface area contributed by atoms with Crippen LogP contribution in [0.1, 0.15) is 23.0 Å². The number of carbonyl (C=O) groups is 1. The van der Waals surface area contributed by atoms with Gasteiger partial charge < -0.3 is 9.88 Å². The van der Waals surface area contributed by atoms with E-state index in [1.165, 1.54) is 23.9 Å². The fraction of sp³-hybridized carbons (Fsp3) is 0.188. The lowest BCUT2D eigenvalue weighted by molar-refractivity contribution is 0.101. The zero-order valence-corrected chi connectivity index (χ0v) is 15.3. The highest BCUT2D eigenvalue weighted by atomic mass is 35.5. The molecule has 0 bridgehead atoms. The number of nitrogens with one attached hydrogen (secondary N) is 2. The Labute approximate surface area is 153 Å². The van der Waals surface area contributed by atoms with E-state index in [1.807, 2.05) is 0 Å².